The lowest BCUT2D eigenvalue weighted by molar-refractivity contribution is 0.446. The van der Waals surface area contributed by atoms with Crippen LogP contribution in [0.4, 0.5) is 0 Å². The molecule has 1 aromatic carbocycles. The summed E-state index contributed by atoms with van der Waals surface area (Å²) in [6.45, 7) is 0. The molecule has 17 heavy (non-hydrogen) atoms. The molecule has 1 atom stereocenters. The van der Waals surface area contributed by atoms with Crippen molar-refractivity contribution in [1.82, 2.24) is 0 Å². The molecule has 2 aromatic rings. The standard InChI is InChI=1S/C11H6O4S2/c12-7-5-15-17(14)11-9(13)6-3-1-2-4-8(6)16-10(7)11/h1-5,12H. The first-order chi connectivity index (χ1) is 8.18. The summed E-state index contributed by atoms with van der Waals surface area (Å²) in [5.41, 5.74) is -0.354. The number of hydrogen-bond acceptors (Lipinski definition) is 5. The highest BCUT2D eigenvalue weighted by Gasteiger charge is 2.25. The zero-order chi connectivity index (χ0) is 12.0. The van der Waals surface area contributed by atoms with Crippen molar-refractivity contribution in [2.24, 2.45) is 0 Å². The van der Waals surface area contributed by atoms with Gasteiger partial charge in [-0.1, -0.05) is 12.1 Å². The monoisotopic (exact) mass is 266 g/mol. The van der Waals surface area contributed by atoms with Gasteiger partial charge in [0.25, 0.3) is 0 Å². The summed E-state index contributed by atoms with van der Waals surface area (Å²) in [5, 5.41) is 10.1. The fraction of sp³-hybridized carbons (Fsp3) is 0. The van der Waals surface area contributed by atoms with E-state index in [0.717, 1.165) is 11.0 Å². The zero-order valence-electron chi connectivity index (χ0n) is 8.38. The Kier molecular flexibility index (Phi) is 2.27. The maximum absolute atomic E-state index is 12.1. The Balaban J connectivity index is 2.52. The first-order valence-corrected chi connectivity index (χ1v) is 6.62. The quantitative estimate of drug-likeness (QED) is 0.793. The molecular formula is C11H6O4S2. The lowest BCUT2D eigenvalue weighted by atomic mass is 10.2. The van der Waals surface area contributed by atoms with E-state index < -0.39 is 11.1 Å². The zero-order valence-corrected chi connectivity index (χ0v) is 10.0. The Morgan fingerprint density at radius 1 is 1.29 bits per heavy atom. The third kappa shape index (κ3) is 1.49. The molecule has 1 aliphatic rings. The lowest BCUT2D eigenvalue weighted by Crippen LogP contribution is -2.16. The average molecular weight is 266 g/mol. The van der Waals surface area contributed by atoms with Crippen molar-refractivity contribution >= 4 is 38.3 Å². The van der Waals surface area contributed by atoms with Crippen LogP contribution in [0, 0.1) is 0 Å². The second-order valence-electron chi connectivity index (χ2n) is 3.42. The summed E-state index contributed by atoms with van der Waals surface area (Å²) in [7, 11) is 0. The molecule has 0 saturated heterocycles. The van der Waals surface area contributed by atoms with E-state index >= 15 is 0 Å². The van der Waals surface area contributed by atoms with Gasteiger partial charge in [-0.15, -0.1) is 11.3 Å². The van der Waals surface area contributed by atoms with Gasteiger partial charge in [0.05, 0.1) is 4.88 Å². The first kappa shape index (κ1) is 10.5. The molecule has 6 heteroatoms. The molecule has 0 spiro atoms. The summed E-state index contributed by atoms with van der Waals surface area (Å²) in [6, 6.07) is 7.00. The maximum Gasteiger partial charge on any atom is 0.245 e. The molecule has 0 radical (unpaired) electrons. The van der Waals surface area contributed by atoms with Crippen molar-refractivity contribution < 1.29 is 13.5 Å². The van der Waals surface area contributed by atoms with Crippen molar-refractivity contribution in [2.75, 3.05) is 0 Å². The number of aliphatic hydroxyl groups excluding tert-OH is 1. The van der Waals surface area contributed by atoms with Gasteiger partial charge in [0.15, 0.2) is 5.76 Å². The molecule has 0 bridgehead atoms. The van der Waals surface area contributed by atoms with Gasteiger partial charge in [0.1, 0.15) is 11.2 Å². The predicted molar refractivity (Wildman–Crippen MR) is 66.2 cm³/mol. The summed E-state index contributed by atoms with van der Waals surface area (Å²) in [5.74, 6) is -0.160. The van der Waals surface area contributed by atoms with Gasteiger partial charge < -0.3 is 9.29 Å². The molecule has 0 saturated carbocycles. The van der Waals surface area contributed by atoms with Gasteiger partial charge in [0.2, 0.25) is 16.5 Å². The normalized spacial score (nSPS) is 18.4. The van der Waals surface area contributed by atoms with Crippen molar-refractivity contribution in [1.29, 1.82) is 0 Å². The SMILES string of the molecule is O=c1c2c(sc3ccccc13)C(O)=COS2=O. The molecular weight excluding hydrogens is 260 g/mol. The summed E-state index contributed by atoms with van der Waals surface area (Å²) >= 11 is -0.618. The van der Waals surface area contributed by atoms with Crippen LogP contribution in [-0.4, -0.2) is 9.32 Å². The number of rotatable bonds is 0. The Labute approximate surface area is 102 Å². The predicted octanol–water partition coefficient (Wildman–Crippen LogP) is 2.17. The van der Waals surface area contributed by atoms with E-state index in [-0.39, 0.29) is 16.1 Å². The van der Waals surface area contributed by atoms with E-state index in [0.29, 0.717) is 10.3 Å². The molecule has 86 valence electrons. The third-order valence-corrected chi connectivity index (χ3v) is 4.72. The van der Waals surface area contributed by atoms with Crippen LogP contribution in [0.15, 0.2) is 40.2 Å². The van der Waals surface area contributed by atoms with E-state index in [9.17, 15) is 14.1 Å². The highest BCUT2D eigenvalue weighted by atomic mass is 32.2. The van der Waals surface area contributed by atoms with Crippen LogP contribution in [0.2, 0.25) is 0 Å². The van der Waals surface area contributed by atoms with Gasteiger partial charge in [0, 0.05) is 10.1 Å². The fourth-order valence-corrected chi connectivity index (χ4v) is 3.73. The van der Waals surface area contributed by atoms with Crippen molar-refractivity contribution in [3.05, 3.63) is 45.6 Å². The fourth-order valence-electron chi connectivity index (χ4n) is 1.64. The maximum atomic E-state index is 12.1. The molecule has 0 fully saturated rings. The van der Waals surface area contributed by atoms with E-state index in [4.69, 9.17) is 4.18 Å². The van der Waals surface area contributed by atoms with Crippen molar-refractivity contribution in [3.63, 3.8) is 0 Å². The van der Waals surface area contributed by atoms with Crippen LogP contribution >= 0.6 is 11.3 Å². The first-order valence-electron chi connectivity index (χ1n) is 4.73. The van der Waals surface area contributed by atoms with E-state index in [1.807, 2.05) is 6.07 Å². The highest BCUT2D eigenvalue weighted by Crippen LogP contribution is 2.31. The minimum Gasteiger partial charge on any atom is -0.504 e. The van der Waals surface area contributed by atoms with Gasteiger partial charge in [-0.05, 0) is 12.1 Å². The van der Waals surface area contributed by atoms with Crippen LogP contribution in [0.3, 0.4) is 0 Å². The molecule has 4 nitrogen and oxygen atoms in total. The van der Waals surface area contributed by atoms with E-state index in [2.05, 4.69) is 0 Å². The molecule has 2 heterocycles. The molecule has 1 N–H and O–H groups in total. The second kappa shape index (κ2) is 3.68. The summed E-state index contributed by atoms with van der Waals surface area (Å²) < 4.78 is 17.1. The Morgan fingerprint density at radius 3 is 2.88 bits per heavy atom. The van der Waals surface area contributed by atoms with Crippen LogP contribution in [0.25, 0.3) is 15.8 Å². The number of hydrogen-bond donors (Lipinski definition) is 1. The molecule has 1 aliphatic heterocycles. The Morgan fingerprint density at radius 2 is 2.06 bits per heavy atom. The molecule has 1 aromatic heterocycles. The number of benzene rings is 1. The van der Waals surface area contributed by atoms with Crippen LogP contribution in [0.1, 0.15) is 4.88 Å². The van der Waals surface area contributed by atoms with Crippen LogP contribution in [0.5, 0.6) is 0 Å². The summed E-state index contributed by atoms with van der Waals surface area (Å²) in [6.07, 6.45) is 1.00. The van der Waals surface area contributed by atoms with Crippen LogP contribution in [-0.2, 0) is 15.3 Å². The van der Waals surface area contributed by atoms with Gasteiger partial charge in [-0.3, -0.25) is 4.79 Å². The number of fused-ring (bicyclic) bond motifs is 2. The van der Waals surface area contributed by atoms with Crippen LogP contribution < -0.4 is 5.43 Å². The van der Waals surface area contributed by atoms with Crippen molar-refractivity contribution in [2.45, 2.75) is 4.90 Å². The minimum absolute atomic E-state index is 0.0219. The summed E-state index contributed by atoms with van der Waals surface area (Å²) in [4.78, 5) is 12.5. The molecule has 1 unspecified atom stereocenters. The Hall–Kier alpha value is -1.66. The van der Waals surface area contributed by atoms with E-state index in [1.165, 1.54) is 11.3 Å². The molecule has 3 rings (SSSR count). The second-order valence-corrected chi connectivity index (χ2v) is 5.54. The van der Waals surface area contributed by atoms with E-state index in [1.54, 1.807) is 18.2 Å². The highest BCUT2D eigenvalue weighted by molar-refractivity contribution is 7.80. The minimum atomic E-state index is -1.84. The third-order valence-electron chi connectivity index (χ3n) is 2.40. The lowest BCUT2D eigenvalue weighted by Gasteiger charge is -2.12. The van der Waals surface area contributed by atoms with Gasteiger partial charge in [-0.25, -0.2) is 4.21 Å². The smallest absolute Gasteiger partial charge is 0.245 e. The Bertz CT molecular complexity index is 730. The average Bonchev–Trinajstić information content (AvgIpc) is 2.34. The topological polar surface area (TPSA) is 63.6 Å². The molecule has 0 amide bonds. The molecule has 0 aliphatic carbocycles. The van der Waals surface area contributed by atoms with Gasteiger partial charge >= 0.3 is 0 Å². The largest absolute Gasteiger partial charge is 0.504 e. The van der Waals surface area contributed by atoms with Gasteiger partial charge in [-0.2, -0.15) is 0 Å². The van der Waals surface area contributed by atoms with Crippen molar-refractivity contribution in [3.8, 4) is 0 Å². The number of aliphatic hydroxyl groups is 1.